The standard InChI is InChI=1S/C30H33ClF3NO3/c1-21(25-10-5-4-6-11-25)18-35(19-26-12-8-14-28(29(26)31)30(32,33)34)22(2)15-16-37-27-13-7-9-24(17-27)20-38-23(3)36/h4-14,17,21-22H,15-16,18-20H2,1-3H3/t21-,22-/m1/s1. The highest BCUT2D eigenvalue weighted by Crippen LogP contribution is 2.37. The maximum atomic E-state index is 13.5. The zero-order valence-corrected chi connectivity index (χ0v) is 22.6. The zero-order chi connectivity index (χ0) is 27.7. The molecule has 0 radical (unpaired) electrons. The molecule has 2 atom stereocenters. The summed E-state index contributed by atoms with van der Waals surface area (Å²) in [7, 11) is 0. The first kappa shape index (κ1) is 29.5. The number of benzene rings is 3. The molecule has 4 nitrogen and oxygen atoms in total. The van der Waals surface area contributed by atoms with Crippen molar-refractivity contribution in [3.8, 4) is 5.75 Å². The van der Waals surface area contributed by atoms with Crippen molar-refractivity contribution in [3.63, 3.8) is 0 Å². The van der Waals surface area contributed by atoms with Crippen molar-refractivity contribution in [1.29, 1.82) is 0 Å². The molecular weight excluding hydrogens is 515 g/mol. The minimum Gasteiger partial charge on any atom is -0.494 e. The van der Waals surface area contributed by atoms with Gasteiger partial charge in [-0.3, -0.25) is 9.69 Å². The van der Waals surface area contributed by atoms with Gasteiger partial charge in [-0.2, -0.15) is 13.2 Å². The Morgan fingerprint density at radius 3 is 2.39 bits per heavy atom. The van der Waals surface area contributed by atoms with Crippen LogP contribution in [-0.4, -0.2) is 30.1 Å². The van der Waals surface area contributed by atoms with Crippen LogP contribution in [0.2, 0.25) is 5.02 Å². The van der Waals surface area contributed by atoms with Gasteiger partial charge in [-0.15, -0.1) is 0 Å². The van der Waals surface area contributed by atoms with Gasteiger partial charge in [-0.05, 0) is 54.2 Å². The Labute approximate surface area is 227 Å². The minimum atomic E-state index is -4.52. The molecule has 0 unspecified atom stereocenters. The number of halogens is 4. The van der Waals surface area contributed by atoms with Crippen molar-refractivity contribution in [2.75, 3.05) is 13.2 Å². The van der Waals surface area contributed by atoms with Crippen LogP contribution in [0.25, 0.3) is 0 Å². The van der Waals surface area contributed by atoms with E-state index in [0.29, 0.717) is 30.9 Å². The minimum absolute atomic E-state index is 0.00370. The summed E-state index contributed by atoms with van der Waals surface area (Å²) in [5.41, 5.74) is 1.59. The summed E-state index contributed by atoms with van der Waals surface area (Å²) in [6.45, 7) is 7.00. The van der Waals surface area contributed by atoms with Gasteiger partial charge in [0.05, 0.1) is 17.2 Å². The first-order valence-corrected chi connectivity index (χ1v) is 12.9. The lowest BCUT2D eigenvalue weighted by Gasteiger charge is -2.32. The van der Waals surface area contributed by atoms with Gasteiger partial charge in [0.15, 0.2) is 0 Å². The molecule has 0 saturated carbocycles. The Kier molecular flexibility index (Phi) is 10.6. The van der Waals surface area contributed by atoms with Crippen LogP contribution in [0.15, 0.2) is 72.8 Å². The normalized spacial score (nSPS) is 13.3. The molecule has 3 aromatic carbocycles. The number of carbonyl (C=O) groups excluding carboxylic acids is 1. The first-order chi connectivity index (χ1) is 18.0. The van der Waals surface area contributed by atoms with Gasteiger partial charge in [-0.1, -0.05) is 73.1 Å². The summed E-state index contributed by atoms with van der Waals surface area (Å²) in [4.78, 5) is 13.2. The van der Waals surface area contributed by atoms with Gasteiger partial charge in [-0.25, -0.2) is 0 Å². The third kappa shape index (κ3) is 8.77. The number of esters is 1. The molecule has 0 aliphatic heterocycles. The van der Waals surface area contributed by atoms with E-state index in [2.05, 4.69) is 24.0 Å². The second-order valence-corrected chi connectivity index (χ2v) is 9.81. The van der Waals surface area contributed by atoms with Crippen LogP contribution in [0.5, 0.6) is 5.75 Å². The van der Waals surface area contributed by atoms with E-state index in [-0.39, 0.29) is 36.1 Å². The number of hydrogen-bond donors (Lipinski definition) is 0. The number of alkyl halides is 3. The number of nitrogens with zero attached hydrogens (tertiary/aromatic N) is 1. The molecule has 0 heterocycles. The van der Waals surface area contributed by atoms with E-state index in [0.717, 1.165) is 17.2 Å². The summed E-state index contributed by atoms with van der Waals surface area (Å²) in [5.74, 6) is 0.463. The van der Waals surface area contributed by atoms with E-state index in [1.165, 1.54) is 13.0 Å². The highest BCUT2D eigenvalue weighted by molar-refractivity contribution is 6.32. The van der Waals surface area contributed by atoms with Crippen molar-refractivity contribution < 1.29 is 27.4 Å². The molecule has 0 aromatic heterocycles. The molecule has 0 aliphatic carbocycles. The summed E-state index contributed by atoms with van der Waals surface area (Å²) in [6, 6.07) is 21.4. The van der Waals surface area contributed by atoms with Crippen molar-refractivity contribution in [3.05, 3.63) is 100 Å². The lowest BCUT2D eigenvalue weighted by atomic mass is 9.99. The van der Waals surface area contributed by atoms with Crippen molar-refractivity contribution in [2.45, 2.75) is 58.5 Å². The third-order valence-electron chi connectivity index (χ3n) is 6.40. The van der Waals surface area contributed by atoms with Crippen LogP contribution >= 0.6 is 11.6 Å². The number of hydrogen-bond acceptors (Lipinski definition) is 4. The van der Waals surface area contributed by atoms with E-state index in [4.69, 9.17) is 21.1 Å². The Morgan fingerprint density at radius 1 is 1.00 bits per heavy atom. The predicted octanol–water partition coefficient (Wildman–Crippen LogP) is 7.89. The van der Waals surface area contributed by atoms with Crippen molar-refractivity contribution in [2.24, 2.45) is 0 Å². The molecule has 0 spiro atoms. The van der Waals surface area contributed by atoms with Crippen LogP contribution in [0, 0.1) is 0 Å². The predicted molar refractivity (Wildman–Crippen MR) is 143 cm³/mol. The first-order valence-electron chi connectivity index (χ1n) is 12.5. The summed E-state index contributed by atoms with van der Waals surface area (Å²) >= 11 is 6.24. The molecule has 0 N–H and O–H groups in total. The zero-order valence-electron chi connectivity index (χ0n) is 21.8. The van der Waals surface area contributed by atoms with Crippen molar-refractivity contribution in [1.82, 2.24) is 4.90 Å². The molecule has 3 rings (SSSR count). The highest BCUT2D eigenvalue weighted by atomic mass is 35.5. The molecule has 3 aromatic rings. The number of rotatable bonds is 12. The van der Waals surface area contributed by atoms with Crippen LogP contribution in [0.3, 0.4) is 0 Å². The second-order valence-electron chi connectivity index (χ2n) is 9.43. The summed E-state index contributed by atoms with van der Waals surface area (Å²) in [6.07, 6.45) is -3.87. The molecule has 0 aliphatic rings. The Balaban J connectivity index is 1.72. The van der Waals surface area contributed by atoms with E-state index in [1.54, 1.807) is 6.07 Å². The fourth-order valence-electron chi connectivity index (χ4n) is 4.22. The van der Waals surface area contributed by atoms with Crippen LogP contribution < -0.4 is 4.74 Å². The Morgan fingerprint density at radius 2 is 1.71 bits per heavy atom. The molecular formula is C30H33ClF3NO3. The van der Waals surface area contributed by atoms with E-state index < -0.39 is 11.7 Å². The monoisotopic (exact) mass is 547 g/mol. The van der Waals surface area contributed by atoms with Gasteiger partial charge in [0.25, 0.3) is 0 Å². The molecule has 38 heavy (non-hydrogen) atoms. The average molecular weight is 548 g/mol. The second kappa shape index (κ2) is 13.7. The number of carbonyl (C=O) groups is 1. The van der Waals surface area contributed by atoms with Gasteiger partial charge in [0, 0.05) is 26.1 Å². The quantitative estimate of drug-likeness (QED) is 0.216. The molecule has 0 bridgehead atoms. The molecule has 0 fully saturated rings. The lowest BCUT2D eigenvalue weighted by Crippen LogP contribution is -2.36. The Hall–Kier alpha value is -3.03. The summed E-state index contributed by atoms with van der Waals surface area (Å²) < 4.78 is 51.4. The van der Waals surface area contributed by atoms with E-state index in [9.17, 15) is 18.0 Å². The fourth-order valence-corrected chi connectivity index (χ4v) is 4.51. The third-order valence-corrected chi connectivity index (χ3v) is 6.85. The SMILES string of the molecule is CC(=O)OCc1cccc(OCC[C@@H](C)N(Cc2cccc(C(F)(F)F)c2Cl)C[C@@H](C)c2ccccc2)c1. The number of ether oxygens (including phenoxy) is 2. The fraction of sp³-hybridized carbons (Fsp3) is 0.367. The van der Waals surface area contributed by atoms with Gasteiger partial charge < -0.3 is 9.47 Å². The molecule has 0 amide bonds. The van der Waals surface area contributed by atoms with Crippen molar-refractivity contribution >= 4 is 17.6 Å². The maximum absolute atomic E-state index is 13.5. The molecule has 0 saturated heterocycles. The molecule has 8 heteroatoms. The lowest BCUT2D eigenvalue weighted by molar-refractivity contribution is -0.142. The Bertz CT molecular complexity index is 1190. The average Bonchev–Trinajstić information content (AvgIpc) is 2.88. The maximum Gasteiger partial charge on any atom is 0.417 e. The van der Waals surface area contributed by atoms with E-state index >= 15 is 0 Å². The van der Waals surface area contributed by atoms with Gasteiger partial charge in [0.2, 0.25) is 0 Å². The largest absolute Gasteiger partial charge is 0.494 e. The van der Waals surface area contributed by atoms with Crippen LogP contribution in [0.1, 0.15) is 55.4 Å². The smallest absolute Gasteiger partial charge is 0.417 e. The topological polar surface area (TPSA) is 38.8 Å². The highest BCUT2D eigenvalue weighted by Gasteiger charge is 2.34. The van der Waals surface area contributed by atoms with Crippen LogP contribution in [-0.2, 0) is 28.9 Å². The van der Waals surface area contributed by atoms with E-state index in [1.807, 2.05) is 49.4 Å². The van der Waals surface area contributed by atoms with Gasteiger partial charge >= 0.3 is 12.1 Å². The van der Waals surface area contributed by atoms with Crippen LogP contribution in [0.4, 0.5) is 13.2 Å². The molecule has 204 valence electrons. The summed E-state index contributed by atoms with van der Waals surface area (Å²) in [5, 5.41) is -0.259. The van der Waals surface area contributed by atoms with Gasteiger partial charge in [0.1, 0.15) is 12.4 Å².